The van der Waals surface area contributed by atoms with Gasteiger partial charge in [0, 0.05) is 11.5 Å². The van der Waals surface area contributed by atoms with E-state index in [0.717, 1.165) is 11.1 Å². The van der Waals surface area contributed by atoms with Gasteiger partial charge in [-0.05, 0) is 31.0 Å². The molecule has 1 saturated heterocycles. The Balaban J connectivity index is 0.00000235. The number of ether oxygens (including phenoxy) is 4. The maximum absolute atomic E-state index is 13.1. The summed E-state index contributed by atoms with van der Waals surface area (Å²) in [5, 5.41) is 9.53. The summed E-state index contributed by atoms with van der Waals surface area (Å²) >= 11 is 0. The quantitative estimate of drug-likeness (QED) is 0.267. The van der Waals surface area contributed by atoms with E-state index < -0.39 is 30.2 Å². The third-order valence-electron chi connectivity index (χ3n) is 6.38. The van der Waals surface area contributed by atoms with Crippen molar-refractivity contribution >= 4 is 18.0 Å². The van der Waals surface area contributed by atoms with E-state index in [1.807, 2.05) is 27.7 Å². The Hall–Kier alpha value is -3.59. The van der Waals surface area contributed by atoms with Crippen LogP contribution in [0, 0.1) is 18.8 Å². The molecule has 0 aromatic heterocycles. The van der Waals surface area contributed by atoms with E-state index in [4.69, 9.17) is 18.9 Å². The van der Waals surface area contributed by atoms with Crippen LogP contribution in [0.25, 0.3) is 0 Å². The molecular formula is C28H37NO8. The number of carbonyl (C=O) groups is 3. The van der Waals surface area contributed by atoms with Gasteiger partial charge in [-0.15, -0.1) is 0 Å². The smallest absolute Gasteiger partial charge is 0.489 e. The molecule has 0 spiro atoms. The van der Waals surface area contributed by atoms with E-state index in [2.05, 4.69) is 13.2 Å². The largest absolute Gasteiger partial charge is 0.508 e. The molecule has 2 aliphatic heterocycles. The lowest BCUT2D eigenvalue weighted by molar-refractivity contribution is -0.164. The van der Waals surface area contributed by atoms with Crippen LogP contribution >= 0.6 is 0 Å². The van der Waals surface area contributed by atoms with Crippen molar-refractivity contribution < 1.29 is 38.4 Å². The third-order valence-corrected chi connectivity index (χ3v) is 6.38. The van der Waals surface area contributed by atoms with Gasteiger partial charge in [0.1, 0.15) is 37.4 Å². The average molecular weight is 516 g/mol. The summed E-state index contributed by atoms with van der Waals surface area (Å²) in [5.41, 5.74) is 2.27. The van der Waals surface area contributed by atoms with E-state index in [9.17, 15) is 19.5 Å². The number of benzene rings is 1. The number of amides is 1. The first-order chi connectivity index (χ1) is 17.8. The number of rotatable bonds is 11. The van der Waals surface area contributed by atoms with E-state index in [0.29, 0.717) is 11.3 Å². The Kier molecular flexibility index (Phi) is 10.9. The molecule has 2 aliphatic rings. The van der Waals surface area contributed by atoms with Crippen LogP contribution in [0.15, 0.2) is 54.8 Å². The first kappa shape index (κ1) is 29.6. The van der Waals surface area contributed by atoms with Crippen molar-refractivity contribution in [2.24, 2.45) is 11.8 Å². The van der Waals surface area contributed by atoms with E-state index >= 15 is 0 Å². The second kappa shape index (κ2) is 13.6. The highest BCUT2D eigenvalue weighted by molar-refractivity contribution is 6.01. The highest BCUT2D eigenvalue weighted by atomic mass is 16.7. The zero-order valence-electron chi connectivity index (χ0n) is 22.2. The Bertz CT molecular complexity index is 1050. The number of hydrogen-bond donors (Lipinski definition) is 1. The fraction of sp³-hybridized carbons (Fsp3) is 0.464. The van der Waals surface area contributed by atoms with Crippen LogP contribution < -0.4 is 4.74 Å². The molecule has 0 aliphatic carbocycles. The molecule has 37 heavy (non-hydrogen) atoms. The molecule has 0 bridgehead atoms. The normalized spacial score (nSPS) is 20.5. The van der Waals surface area contributed by atoms with Gasteiger partial charge in [-0.3, -0.25) is 4.79 Å². The predicted molar refractivity (Wildman–Crippen MR) is 138 cm³/mol. The molecule has 1 N–H and O–H groups in total. The van der Waals surface area contributed by atoms with Gasteiger partial charge in [-0.25, -0.2) is 9.59 Å². The summed E-state index contributed by atoms with van der Waals surface area (Å²) in [4.78, 5) is 39.3. The molecule has 1 fully saturated rings. The van der Waals surface area contributed by atoms with Gasteiger partial charge in [0.2, 0.25) is 5.91 Å². The van der Waals surface area contributed by atoms with Gasteiger partial charge in [0.05, 0.1) is 18.6 Å². The molecule has 4 atom stereocenters. The first-order valence-corrected chi connectivity index (χ1v) is 12.4. The topological polar surface area (TPSA) is 112 Å². The van der Waals surface area contributed by atoms with Crippen molar-refractivity contribution in [3.8, 4) is 5.75 Å². The SMILES string of the molecule is C=CCOC(=O)OC(C)C1C(=O)N2C(C(=O)OCC=C)=C(COc3cccc(CO)c3C)C(C)[C@H]12.CC. The minimum absolute atomic E-state index is 0.00461. The van der Waals surface area contributed by atoms with E-state index in [1.165, 1.54) is 17.1 Å². The fourth-order valence-electron chi connectivity index (χ4n) is 4.54. The molecule has 0 radical (unpaired) electrons. The molecular weight excluding hydrogens is 478 g/mol. The lowest BCUT2D eigenvalue weighted by atomic mass is 9.77. The van der Waals surface area contributed by atoms with Crippen molar-refractivity contribution in [3.63, 3.8) is 0 Å². The van der Waals surface area contributed by atoms with Crippen LogP contribution in [0.3, 0.4) is 0 Å². The van der Waals surface area contributed by atoms with Gasteiger partial charge >= 0.3 is 12.1 Å². The standard InChI is InChI=1S/C26H31NO8.C2H6/c1-6-11-32-25(30)23-19(14-34-20-10-8-9-18(13-28)15(20)3)16(4)22-21(24(29)27(22)23)17(5)35-26(31)33-12-7-2;1-2/h6-10,16-17,21-22,28H,1-2,11-14H2,3-5H3;1-2H3/t16?,17?,21?,22-;/m1./s1. The van der Waals surface area contributed by atoms with Gasteiger partial charge in [0.25, 0.3) is 0 Å². The Morgan fingerprint density at radius 2 is 1.81 bits per heavy atom. The lowest BCUT2D eigenvalue weighted by Gasteiger charge is -2.47. The zero-order valence-corrected chi connectivity index (χ0v) is 22.2. The number of carbonyl (C=O) groups excluding carboxylic acids is 3. The minimum Gasteiger partial charge on any atom is -0.489 e. The summed E-state index contributed by atoms with van der Waals surface area (Å²) in [6, 6.07) is 4.95. The van der Waals surface area contributed by atoms with Crippen LogP contribution in [0.4, 0.5) is 4.79 Å². The highest BCUT2D eigenvalue weighted by Crippen LogP contribution is 2.48. The minimum atomic E-state index is -0.893. The highest BCUT2D eigenvalue weighted by Gasteiger charge is 2.61. The Morgan fingerprint density at radius 1 is 1.16 bits per heavy atom. The van der Waals surface area contributed by atoms with Gasteiger partial charge in [-0.2, -0.15) is 0 Å². The summed E-state index contributed by atoms with van der Waals surface area (Å²) in [6.45, 7) is 16.3. The fourth-order valence-corrected chi connectivity index (χ4v) is 4.54. The van der Waals surface area contributed by atoms with Crippen LogP contribution in [0.5, 0.6) is 5.75 Å². The van der Waals surface area contributed by atoms with E-state index in [-0.39, 0.29) is 43.9 Å². The molecule has 0 saturated carbocycles. The van der Waals surface area contributed by atoms with Crippen LogP contribution in [0.1, 0.15) is 38.8 Å². The molecule has 1 amide bonds. The number of nitrogens with zero attached hydrogens (tertiary/aromatic N) is 1. The predicted octanol–water partition coefficient (Wildman–Crippen LogP) is 4.08. The van der Waals surface area contributed by atoms with Crippen molar-refractivity contribution in [1.29, 1.82) is 0 Å². The first-order valence-electron chi connectivity index (χ1n) is 12.4. The number of β-lactam (4-membered cyclic amide) rings is 1. The molecule has 1 aromatic carbocycles. The van der Waals surface area contributed by atoms with Gasteiger partial charge < -0.3 is 29.0 Å². The van der Waals surface area contributed by atoms with Crippen molar-refractivity contribution in [2.75, 3.05) is 19.8 Å². The van der Waals surface area contributed by atoms with Gasteiger partial charge in [0.15, 0.2) is 0 Å². The van der Waals surface area contributed by atoms with Crippen molar-refractivity contribution in [2.45, 2.75) is 53.4 Å². The second-order valence-electron chi connectivity index (χ2n) is 8.43. The summed E-state index contributed by atoms with van der Waals surface area (Å²) < 4.78 is 21.4. The maximum Gasteiger partial charge on any atom is 0.508 e. The molecule has 202 valence electrons. The monoisotopic (exact) mass is 515 g/mol. The van der Waals surface area contributed by atoms with E-state index in [1.54, 1.807) is 25.1 Å². The molecule has 3 unspecified atom stereocenters. The van der Waals surface area contributed by atoms with Gasteiger partial charge in [-0.1, -0.05) is 58.2 Å². The third kappa shape index (κ3) is 6.22. The Labute approximate surface area is 218 Å². The van der Waals surface area contributed by atoms with Crippen LogP contribution in [0.2, 0.25) is 0 Å². The molecule has 2 heterocycles. The average Bonchev–Trinajstić information content (AvgIpc) is 3.14. The number of aliphatic hydroxyl groups excluding tert-OH is 1. The molecule has 9 heteroatoms. The number of aliphatic hydroxyl groups is 1. The Morgan fingerprint density at radius 3 is 2.43 bits per heavy atom. The van der Waals surface area contributed by atoms with Crippen molar-refractivity contribution in [3.05, 3.63) is 65.9 Å². The number of hydrogen-bond acceptors (Lipinski definition) is 8. The summed E-state index contributed by atoms with van der Waals surface area (Å²) in [5.74, 6) is -1.34. The molecule has 9 nitrogen and oxygen atoms in total. The number of fused-ring (bicyclic) bond motifs is 1. The zero-order chi connectivity index (χ0) is 27.7. The molecule has 3 rings (SSSR count). The lowest BCUT2D eigenvalue weighted by Crippen LogP contribution is -2.64. The molecule has 1 aromatic rings. The summed E-state index contributed by atoms with van der Waals surface area (Å²) in [6.07, 6.45) is 1.20. The van der Waals surface area contributed by atoms with Crippen LogP contribution in [-0.2, 0) is 30.4 Å². The second-order valence-corrected chi connectivity index (χ2v) is 8.43. The number of esters is 1. The van der Waals surface area contributed by atoms with Crippen molar-refractivity contribution in [1.82, 2.24) is 4.90 Å². The maximum atomic E-state index is 13.1. The summed E-state index contributed by atoms with van der Waals surface area (Å²) in [7, 11) is 0. The van der Waals surface area contributed by atoms with Crippen LogP contribution in [-0.4, -0.2) is 60.0 Å².